The highest BCUT2D eigenvalue weighted by Crippen LogP contribution is 2.37. The third kappa shape index (κ3) is 5.86. The number of ether oxygens (including phenoxy) is 2. The highest BCUT2D eigenvalue weighted by atomic mass is 19.3. The van der Waals surface area contributed by atoms with Crippen molar-refractivity contribution in [1.82, 2.24) is 34.2 Å². The van der Waals surface area contributed by atoms with Crippen LogP contribution in [0.15, 0.2) is 49.4 Å². The first kappa shape index (κ1) is 29.6. The lowest BCUT2D eigenvalue weighted by Crippen LogP contribution is -2.53. The molecule has 1 atom stereocenters. The van der Waals surface area contributed by atoms with Gasteiger partial charge in [0.1, 0.15) is 5.82 Å². The molecule has 1 amide bonds. The van der Waals surface area contributed by atoms with Gasteiger partial charge in [-0.05, 0) is 36.8 Å². The van der Waals surface area contributed by atoms with Crippen LogP contribution < -0.4 is 9.47 Å². The van der Waals surface area contributed by atoms with E-state index in [4.69, 9.17) is 14.6 Å². The highest BCUT2D eigenvalue weighted by Gasteiger charge is 2.31. The largest absolute Gasteiger partial charge is 0.479 e. The van der Waals surface area contributed by atoms with E-state index in [1.807, 2.05) is 11.6 Å². The predicted molar refractivity (Wildman–Crippen MR) is 153 cm³/mol. The average Bonchev–Trinajstić information content (AvgIpc) is 3.46. The molecule has 6 heterocycles. The summed E-state index contributed by atoms with van der Waals surface area (Å²) in [4.78, 5) is 20.0. The summed E-state index contributed by atoms with van der Waals surface area (Å²) < 4.78 is 54.1. The van der Waals surface area contributed by atoms with Gasteiger partial charge in [-0.15, -0.1) is 0 Å². The van der Waals surface area contributed by atoms with Gasteiger partial charge in [-0.2, -0.15) is 19.0 Å². The number of aliphatic hydroxyl groups excluding tert-OH is 1. The molecular weight excluding hydrogens is 579 g/mol. The number of alkyl halides is 2. The van der Waals surface area contributed by atoms with Gasteiger partial charge in [0.15, 0.2) is 23.1 Å². The lowest BCUT2D eigenvalue weighted by atomic mass is 9.99. The minimum absolute atomic E-state index is 0.0287. The van der Waals surface area contributed by atoms with Crippen LogP contribution >= 0.6 is 0 Å². The van der Waals surface area contributed by atoms with Crippen molar-refractivity contribution in [3.63, 3.8) is 0 Å². The third-order valence-corrected chi connectivity index (χ3v) is 8.12. The zero-order chi connectivity index (χ0) is 31.0. The summed E-state index contributed by atoms with van der Waals surface area (Å²) >= 11 is 0. The summed E-state index contributed by atoms with van der Waals surface area (Å²) in [6.45, 7) is 6.68. The number of pyridine rings is 2. The van der Waals surface area contributed by atoms with Gasteiger partial charge in [0.25, 0.3) is 0 Å². The molecule has 1 N–H and O–H groups in total. The van der Waals surface area contributed by atoms with Crippen molar-refractivity contribution < 1.29 is 32.5 Å². The summed E-state index contributed by atoms with van der Waals surface area (Å²) in [6.07, 6.45) is 4.95. The SMILES string of the molecule is C=CC(=O)N1CC(CN2CCc3c(C)c(-c4cc(OC(CO)c5ccc(F)cn5)c5c(OC(F)F)cnn5c4)nn3CC2)C1. The molecule has 1 saturated heterocycles. The maximum atomic E-state index is 13.5. The van der Waals surface area contributed by atoms with Crippen LogP contribution in [0.1, 0.15) is 23.1 Å². The Morgan fingerprint density at radius 3 is 2.70 bits per heavy atom. The van der Waals surface area contributed by atoms with E-state index in [0.717, 1.165) is 56.6 Å². The Morgan fingerprint density at radius 1 is 1.18 bits per heavy atom. The molecule has 1 unspecified atom stereocenters. The number of hydrogen-bond acceptors (Lipinski definition) is 8. The molecule has 14 heteroatoms. The number of carbonyl (C=O) groups excluding carboxylic acids is 1. The van der Waals surface area contributed by atoms with Crippen LogP contribution in [0.2, 0.25) is 0 Å². The fourth-order valence-corrected chi connectivity index (χ4v) is 5.90. The number of likely N-dealkylation sites (tertiary alicyclic amines) is 1. The molecule has 2 aliphatic heterocycles. The summed E-state index contributed by atoms with van der Waals surface area (Å²) in [5.41, 5.74) is 3.76. The lowest BCUT2D eigenvalue weighted by molar-refractivity contribution is -0.132. The maximum absolute atomic E-state index is 13.5. The van der Waals surface area contributed by atoms with E-state index in [1.54, 1.807) is 17.2 Å². The molecule has 6 rings (SSSR count). The minimum Gasteiger partial charge on any atom is -0.479 e. The van der Waals surface area contributed by atoms with Gasteiger partial charge in [-0.3, -0.25) is 14.5 Å². The van der Waals surface area contributed by atoms with Crippen molar-refractivity contribution in [3.8, 4) is 22.8 Å². The normalized spacial score (nSPS) is 16.5. The Hall–Kier alpha value is -4.43. The molecule has 2 aliphatic rings. The number of rotatable bonds is 10. The van der Waals surface area contributed by atoms with Gasteiger partial charge < -0.3 is 24.4 Å². The second-order valence-electron chi connectivity index (χ2n) is 11.0. The quantitative estimate of drug-likeness (QED) is 0.272. The van der Waals surface area contributed by atoms with E-state index in [2.05, 4.69) is 21.6 Å². The third-order valence-electron chi connectivity index (χ3n) is 8.12. The van der Waals surface area contributed by atoms with E-state index in [-0.39, 0.29) is 28.6 Å². The number of nitrogens with zero attached hydrogens (tertiary/aromatic N) is 7. The fraction of sp³-hybridized carbons (Fsp3) is 0.400. The van der Waals surface area contributed by atoms with Crippen LogP contribution in [0.3, 0.4) is 0 Å². The van der Waals surface area contributed by atoms with Gasteiger partial charge in [0.05, 0.1) is 36.9 Å². The van der Waals surface area contributed by atoms with Crippen LogP contribution in [0.25, 0.3) is 16.8 Å². The Balaban J connectivity index is 1.27. The fourth-order valence-electron chi connectivity index (χ4n) is 5.90. The number of aliphatic hydroxyl groups is 1. The number of hydrogen-bond donors (Lipinski definition) is 1. The molecule has 0 saturated carbocycles. The molecule has 44 heavy (non-hydrogen) atoms. The van der Waals surface area contributed by atoms with E-state index in [9.17, 15) is 23.1 Å². The van der Waals surface area contributed by atoms with Crippen LogP contribution in [-0.2, 0) is 17.8 Å². The van der Waals surface area contributed by atoms with Gasteiger partial charge in [-0.25, -0.2) is 8.91 Å². The van der Waals surface area contributed by atoms with Crippen molar-refractivity contribution in [2.45, 2.75) is 32.6 Å². The zero-order valence-corrected chi connectivity index (χ0v) is 24.1. The number of fused-ring (bicyclic) bond motifs is 2. The molecule has 0 radical (unpaired) electrons. The van der Waals surface area contributed by atoms with Crippen LogP contribution in [0, 0.1) is 18.7 Å². The Morgan fingerprint density at radius 2 is 2.00 bits per heavy atom. The summed E-state index contributed by atoms with van der Waals surface area (Å²) in [5.74, 6) is -0.234. The van der Waals surface area contributed by atoms with Gasteiger partial charge in [-0.1, -0.05) is 6.58 Å². The van der Waals surface area contributed by atoms with Crippen LogP contribution in [-0.4, -0.2) is 91.1 Å². The van der Waals surface area contributed by atoms with Crippen molar-refractivity contribution in [1.29, 1.82) is 0 Å². The number of carbonyl (C=O) groups is 1. The molecule has 4 aromatic heterocycles. The Bertz CT molecular complexity index is 1670. The van der Waals surface area contributed by atoms with E-state index in [0.29, 0.717) is 23.7 Å². The van der Waals surface area contributed by atoms with Crippen molar-refractivity contribution in [2.24, 2.45) is 5.92 Å². The monoisotopic (exact) mass is 611 g/mol. The average molecular weight is 612 g/mol. The summed E-state index contributed by atoms with van der Waals surface area (Å²) in [6, 6.07) is 4.22. The second kappa shape index (κ2) is 12.3. The molecule has 232 valence electrons. The van der Waals surface area contributed by atoms with Crippen molar-refractivity contribution in [2.75, 3.05) is 39.3 Å². The molecule has 4 aromatic rings. The van der Waals surface area contributed by atoms with E-state index in [1.165, 1.54) is 28.9 Å². The smallest absolute Gasteiger partial charge is 0.387 e. The summed E-state index contributed by atoms with van der Waals surface area (Å²) in [7, 11) is 0. The number of amides is 1. The molecule has 1 fully saturated rings. The lowest BCUT2D eigenvalue weighted by Gasteiger charge is -2.41. The number of aromatic nitrogens is 5. The van der Waals surface area contributed by atoms with Crippen LogP contribution in [0.5, 0.6) is 11.5 Å². The highest BCUT2D eigenvalue weighted by molar-refractivity contribution is 5.87. The van der Waals surface area contributed by atoms with Gasteiger partial charge in [0.2, 0.25) is 5.91 Å². The predicted octanol–water partition coefficient (Wildman–Crippen LogP) is 3.26. The minimum atomic E-state index is -3.09. The molecule has 0 aromatic carbocycles. The van der Waals surface area contributed by atoms with Crippen LogP contribution in [0.4, 0.5) is 13.2 Å². The molecular formula is C30H32F3N7O4. The zero-order valence-electron chi connectivity index (χ0n) is 24.1. The number of halogens is 3. The Labute approximate surface area is 251 Å². The maximum Gasteiger partial charge on any atom is 0.387 e. The standard InChI is InChI=1S/C30H32F3N7O4/c1-3-27(42)38-14-19(15-38)13-37-7-6-23-18(2)28(36-39(23)9-8-37)20-10-24(29-25(44-30(32)33)12-35-40(29)16-20)43-26(17-41)22-5-4-21(31)11-34-22/h3-5,10-12,16,19,26,30,41H,1,6-9,13-15,17H2,2H3. The summed E-state index contributed by atoms with van der Waals surface area (Å²) in [5, 5.41) is 19.2. The second-order valence-corrected chi connectivity index (χ2v) is 11.0. The Kier molecular flexibility index (Phi) is 8.27. The van der Waals surface area contributed by atoms with Gasteiger partial charge >= 0.3 is 6.61 Å². The first-order valence-corrected chi connectivity index (χ1v) is 14.3. The van der Waals surface area contributed by atoms with Gasteiger partial charge in [0, 0.05) is 62.5 Å². The molecule has 0 bridgehead atoms. The van der Waals surface area contributed by atoms with Crippen molar-refractivity contribution >= 4 is 11.4 Å². The van der Waals surface area contributed by atoms with E-state index >= 15 is 0 Å². The molecule has 11 nitrogen and oxygen atoms in total. The van der Waals surface area contributed by atoms with E-state index < -0.39 is 25.1 Å². The first-order valence-electron chi connectivity index (χ1n) is 14.3. The molecule has 0 spiro atoms. The van der Waals surface area contributed by atoms with Crippen molar-refractivity contribution in [3.05, 3.63) is 72.2 Å². The molecule has 0 aliphatic carbocycles. The first-order chi connectivity index (χ1) is 21.2. The topological polar surface area (TPSA) is 110 Å².